The molecule has 152 valence electrons. The van der Waals surface area contributed by atoms with Crippen molar-refractivity contribution < 1.29 is 9.59 Å². The van der Waals surface area contributed by atoms with E-state index >= 15 is 0 Å². The Morgan fingerprint density at radius 3 is 2.00 bits per heavy atom. The van der Waals surface area contributed by atoms with Gasteiger partial charge in [0.05, 0.1) is 22.2 Å². The average molecular weight is 455 g/mol. The van der Waals surface area contributed by atoms with Crippen molar-refractivity contribution >= 4 is 58.3 Å². The first-order valence-electron chi connectivity index (χ1n) is 8.02. The Hall–Kier alpha value is -2.71. The fraction of sp³-hybridized carbons (Fsp3) is 0.286. The molecule has 0 atom stereocenters. The summed E-state index contributed by atoms with van der Waals surface area (Å²) in [5, 5.41) is 28.8. The molecule has 0 aliphatic heterocycles. The normalized spacial score (nSPS) is 10.7. The molecule has 0 aliphatic carbocycles. The van der Waals surface area contributed by atoms with Gasteiger partial charge in [-0.05, 0) is 39.1 Å². The van der Waals surface area contributed by atoms with Crippen LogP contribution in [0.15, 0.2) is 28.5 Å². The highest BCUT2D eigenvalue weighted by Gasteiger charge is 2.12. The number of amides is 2. The Balaban J connectivity index is 1.50. The number of aromatic nitrogens is 8. The summed E-state index contributed by atoms with van der Waals surface area (Å²) < 4.78 is 2.95. The van der Waals surface area contributed by atoms with Crippen LogP contribution in [0, 0.1) is 0 Å². The predicted octanol–water partition coefficient (Wildman–Crippen LogP) is 0.849. The van der Waals surface area contributed by atoms with Crippen molar-refractivity contribution in [1.82, 2.24) is 40.4 Å². The molecule has 0 aliphatic rings. The molecule has 15 heteroatoms. The van der Waals surface area contributed by atoms with E-state index in [-0.39, 0.29) is 23.3 Å². The van der Waals surface area contributed by atoms with Gasteiger partial charge in [-0.1, -0.05) is 35.1 Å². The van der Waals surface area contributed by atoms with Gasteiger partial charge >= 0.3 is 0 Å². The Labute approximate surface area is 178 Å². The van der Waals surface area contributed by atoms with E-state index in [1.807, 2.05) is 0 Å². The van der Waals surface area contributed by atoms with E-state index in [2.05, 4.69) is 41.7 Å². The van der Waals surface area contributed by atoms with Gasteiger partial charge in [0.25, 0.3) is 0 Å². The Bertz CT molecular complexity index is 1020. The highest BCUT2D eigenvalue weighted by atomic mass is 35.5. The smallest absolute Gasteiger partial charge is 0.234 e. The summed E-state index contributed by atoms with van der Waals surface area (Å²) in [5.74, 6) is -0.236. The van der Waals surface area contributed by atoms with Gasteiger partial charge in [0, 0.05) is 19.8 Å². The molecular weight excluding hydrogens is 440 g/mol. The number of tetrazole rings is 2. The molecular formula is C14H15ClN10O2S2. The number of rotatable bonds is 8. The number of anilines is 2. The minimum absolute atomic E-state index is 0.122. The summed E-state index contributed by atoms with van der Waals surface area (Å²) in [6.07, 6.45) is 0. The summed E-state index contributed by atoms with van der Waals surface area (Å²) in [4.78, 5) is 24.2. The van der Waals surface area contributed by atoms with Crippen LogP contribution in [0.3, 0.4) is 0 Å². The summed E-state index contributed by atoms with van der Waals surface area (Å²) in [7, 11) is 3.38. The molecule has 0 spiro atoms. The van der Waals surface area contributed by atoms with Gasteiger partial charge in [0.15, 0.2) is 0 Å². The summed E-state index contributed by atoms with van der Waals surface area (Å²) >= 11 is 8.63. The molecule has 29 heavy (non-hydrogen) atoms. The van der Waals surface area contributed by atoms with Crippen molar-refractivity contribution in [3.63, 3.8) is 0 Å². The first-order chi connectivity index (χ1) is 13.9. The SMILES string of the molecule is Cn1nnnc1SCC(=O)Nc1ccc(NC(=O)CSc2nnnn2C)c(Cl)c1. The average Bonchev–Trinajstić information content (AvgIpc) is 3.28. The van der Waals surface area contributed by atoms with Crippen molar-refractivity contribution in [3.8, 4) is 0 Å². The van der Waals surface area contributed by atoms with Gasteiger partial charge < -0.3 is 10.6 Å². The fourth-order valence-corrected chi connectivity index (χ4v) is 3.55. The number of carbonyl (C=O) groups excluding carboxylic acids is 2. The van der Waals surface area contributed by atoms with Gasteiger partial charge in [-0.3, -0.25) is 9.59 Å². The second kappa shape index (κ2) is 9.67. The molecule has 1 aromatic carbocycles. The Kier molecular flexibility index (Phi) is 7.00. The second-order valence-electron chi connectivity index (χ2n) is 5.54. The number of hydrogen-bond donors (Lipinski definition) is 2. The molecule has 3 rings (SSSR count). The number of benzene rings is 1. The maximum absolute atomic E-state index is 12.1. The lowest BCUT2D eigenvalue weighted by Gasteiger charge is -2.10. The Morgan fingerprint density at radius 2 is 1.52 bits per heavy atom. The molecule has 0 bridgehead atoms. The van der Waals surface area contributed by atoms with Gasteiger partial charge in [0.1, 0.15) is 0 Å². The van der Waals surface area contributed by atoms with Gasteiger partial charge in [-0.25, -0.2) is 9.36 Å². The van der Waals surface area contributed by atoms with Gasteiger partial charge in [0.2, 0.25) is 22.1 Å². The van der Waals surface area contributed by atoms with E-state index in [0.29, 0.717) is 26.7 Å². The van der Waals surface area contributed by atoms with Crippen LogP contribution in [-0.2, 0) is 23.7 Å². The van der Waals surface area contributed by atoms with Crippen LogP contribution in [0.2, 0.25) is 5.02 Å². The van der Waals surface area contributed by atoms with Crippen LogP contribution in [0.1, 0.15) is 0 Å². The molecule has 3 aromatic rings. The van der Waals surface area contributed by atoms with E-state index in [1.54, 1.807) is 32.3 Å². The van der Waals surface area contributed by atoms with E-state index in [0.717, 1.165) is 0 Å². The van der Waals surface area contributed by atoms with Crippen LogP contribution in [0.5, 0.6) is 0 Å². The van der Waals surface area contributed by atoms with Crippen LogP contribution < -0.4 is 10.6 Å². The quantitative estimate of drug-likeness (QED) is 0.469. The van der Waals surface area contributed by atoms with Gasteiger partial charge in [-0.2, -0.15) is 0 Å². The number of carbonyl (C=O) groups is 2. The van der Waals surface area contributed by atoms with Crippen molar-refractivity contribution in [1.29, 1.82) is 0 Å². The number of halogens is 1. The van der Waals surface area contributed by atoms with Crippen molar-refractivity contribution in [2.24, 2.45) is 14.1 Å². The summed E-state index contributed by atoms with van der Waals surface area (Å²) in [5.41, 5.74) is 0.945. The number of hydrogen-bond acceptors (Lipinski definition) is 10. The van der Waals surface area contributed by atoms with Crippen LogP contribution >= 0.6 is 35.1 Å². The first-order valence-corrected chi connectivity index (χ1v) is 10.4. The fourth-order valence-electron chi connectivity index (χ4n) is 2.02. The number of thioether (sulfide) groups is 2. The molecule has 0 fully saturated rings. The number of nitrogens with one attached hydrogen (secondary N) is 2. The van der Waals surface area contributed by atoms with Crippen molar-refractivity contribution in [2.45, 2.75) is 10.3 Å². The lowest BCUT2D eigenvalue weighted by Crippen LogP contribution is -2.16. The van der Waals surface area contributed by atoms with Crippen molar-refractivity contribution in [3.05, 3.63) is 23.2 Å². The highest BCUT2D eigenvalue weighted by Crippen LogP contribution is 2.26. The molecule has 0 radical (unpaired) electrons. The highest BCUT2D eigenvalue weighted by molar-refractivity contribution is 8.00. The van der Waals surface area contributed by atoms with E-state index < -0.39 is 0 Å². The third-order valence-corrected chi connectivity index (χ3v) is 5.69. The summed E-state index contributed by atoms with van der Waals surface area (Å²) in [6.45, 7) is 0. The predicted molar refractivity (Wildman–Crippen MR) is 108 cm³/mol. The van der Waals surface area contributed by atoms with Crippen molar-refractivity contribution in [2.75, 3.05) is 22.1 Å². The topological polar surface area (TPSA) is 145 Å². The molecule has 2 amide bonds. The zero-order chi connectivity index (χ0) is 20.8. The molecule has 0 saturated heterocycles. The minimum atomic E-state index is -0.259. The largest absolute Gasteiger partial charge is 0.325 e. The maximum Gasteiger partial charge on any atom is 0.234 e. The Morgan fingerprint density at radius 1 is 0.966 bits per heavy atom. The molecule has 12 nitrogen and oxygen atoms in total. The monoisotopic (exact) mass is 454 g/mol. The molecule has 0 saturated carbocycles. The van der Waals surface area contributed by atoms with Gasteiger partial charge in [-0.15, -0.1) is 10.2 Å². The molecule has 2 heterocycles. The third kappa shape index (κ3) is 5.88. The molecule has 2 N–H and O–H groups in total. The lowest BCUT2D eigenvalue weighted by atomic mass is 10.2. The number of nitrogens with zero attached hydrogens (tertiary/aromatic N) is 8. The van der Waals surface area contributed by atoms with Crippen LogP contribution in [0.25, 0.3) is 0 Å². The minimum Gasteiger partial charge on any atom is -0.325 e. The molecule has 2 aromatic heterocycles. The summed E-state index contributed by atoms with van der Waals surface area (Å²) in [6, 6.07) is 4.82. The van der Waals surface area contributed by atoms with E-state index in [4.69, 9.17) is 11.6 Å². The second-order valence-corrected chi connectivity index (χ2v) is 7.83. The standard InChI is InChI=1S/C14H15ClN10O2S2/c1-24-13(18-20-22-24)28-6-11(26)16-8-3-4-10(9(15)5-8)17-12(27)7-29-14-19-21-23-25(14)2/h3-5H,6-7H2,1-2H3,(H,16,26)(H,17,27). The maximum atomic E-state index is 12.1. The van der Waals surface area contributed by atoms with E-state index in [9.17, 15) is 9.59 Å². The number of aryl methyl sites for hydroxylation is 2. The lowest BCUT2D eigenvalue weighted by molar-refractivity contribution is -0.114. The van der Waals surface area contributed by atoms with Crippen LogP contribution in [-0.4, -0.2) is 63.7 Å². The zero-order valence-electron chi connectivity index (χ0n) is 15.2. The first kappa shape index (κ1) is 21.0. The zero-order valence-corrected chi connectivity index (χ0v) is 17.6. The van der Waals surface area contributed by atoms with Crippen LogP contribution in [0.4, 0.5) is 11.4 Å². The third-order valence-electron chi connectivity index (χ3n) is 3.35. The van der Waals surface area contributed by atoms with E-state index in [1.165, 1.54) is 32.9 Å². The molecule has 0 unspecified atom stereocenters.